The number of fused-ring (bicyclic) bond motifs is 3. The van der Waals surface area contributed by atoms with Gasteiger partial charge in [0, 0.05) is 18.7 Å². The maximum absolute atomic E-state index is 12.8. The van der Waals surface area contributed by atoms with Crippen LogP contribution in [0.4, 0.5) is 0 Å². The Kier molecular flexibility index (Phi) is 3.44. The highest BCUT2D eigenvalue weighted by Gasteiger charge is 2.35. The largest absolute Gasteiger partial charge is 0.369 e. The van der Waals surface area contributed by atoms with Gasteiger partial charge in [0.2, 0.25) is 0 Å². The van der Waals surface area contributed by atoms with Crippen LogP contribution < -0.4 is 5.56 Å². The first-order chi connectivity index (χ1) is 13.0. The third kappa shape index (κ3) is 2.33. The van der Waals surface area contributed by atoms with Crippen molar-refractivity contribution in [1.29, 1.82) is 0 Å². The third-order valence-electron chi connectivity index (χ3n) is 5.27. The Morgan fingerprint density at radius 1 is 1.33 bits per heavy atom. The molecule has 1 unspecified atom stereocenters. The van der Waals surface area contributed by atoms with Gasteiger partial charge in [-0.1, -0.05) is 16.8 Å². The average Bonchev–Trinajstić information content (AvgIpc) is 3.38. The summed E-state index contributed by atoms with van der Waals surface area (Å²) in [6, 6.07) is 5.25. The van der Waals surface area contributed by atoms with E-state index in [2.05, 4.69) is 15.3 Å². The molecule has 1 aromatic carbocycles. The Bertz CT molecular complexity index is 1250. The molecule has 1 atom stereocenters. The van der Waals surface area contributed by atoms with Crippen molar-refractivity contribution in [2.75, 3.05) is 6.61 Å². The maximum atomic E-state index is 12.8. The minimum atomic E-state index is -0.427. The van der Waals surface area contributed by atoms with E-state index in [1.807, 2.05) is 23.6 Å². The lowest BCUT2D eigenvalue weighted by Gasteiger charge is -2.19. The summed E-state index contributed by atoms with van der Waals surface area (Å²) in [4.78, 5) is 17.3. The summed E-state index contributed by atoms with van der Waals surface area (Å²) in [5.41, 5.74) is 1.56. The lowest BCUT2D eigenvalue weighted by Crippen LogP contribution is -2.20. The second-order valence-corrected chi connectivity index (χ2v) is 7.46. The maximum Gasteiger partial charge on any atom is 0.261 e. The Morgan fingerprint density at radius 2 is 2.19 bits per heavy atom. The molecule has 5 rings (SSSR count). The topological polar surface area (TPSA) is 79.2 Å². The van der Waals surface area contributed by atoms with Crippen molar-refractivity contribution < 1.29 is 4.74 Å². The highest BCUT2D eigenvalue weighted by Crippen LogP contribution is 2.34. The van der Waals surface area contributed by atoms with E-state index in [-0.39, 0.29) is 5.56 Å². The Hall–Kier alpha value is -2.71. The quantitative estimate of drug-likeness (QED) is 0.530. The van der Waals surface area contributed by atoms with E-state index in [0.717, 1.165) is 30.7 Å². The van der Waals surface area contributed by atoms with Gasteiger partial charge < -0.3 is 4.74 Å². The van der Waals surface area contributed by atoms with Crippen LogP contribution in [0.15, 0.2) is 35.5 Å². The van der Waals surface area contributed by atoms with E-state index in [4.69, 9.17) is 16.3 Å². The normalized spacial score (nSPS) is 20.1. The van der Waals surface area contributed by atoms with Gasteiger partial charge >= 0.3 is 0 Å². The highest BCUT2D eigenvalue weighted by atomic mass is 35.5. The van der Waals surface area contributed by atoms with Crippen LogP contribution in [-0.2, 0) is 17.4 Å². The first-order valence-corrected chi connectivity index (χ1v) is 9.08. The van der Waals surface area contributed by atoms with Crippen molar-refractivity contribution in [1.82, 2.24) is 28.9 Å². The summed E-state index contributed by atoms with van der Waals surface area (Å²) in [5.74, 6) is 0.534. The first kappa shape index (κ1) is 16.5. The van der Waals surface area contributed by atoms with Crippen molar-refractivity contribution in [3.8, 4) is 5.82 Å². The summed E-state index contributed by atoms with van der Waals surface area (Å²) in [5, 5.41) is 9.58. The molecule has 0 bridgehead atoms. The molecule has 1 aliphatic rings. The molecule has 4 aromatic rings. The zero-order chi connectivity index (χ0) is 18.8. The van der Waals surface area contributed by atoms with E-state index in [0.29, 0.717) is 21.9 Å². The van der Waals surface area contributed by atoms with E-state index >= 15 is 0 Å². The Balaban J connectivity index is 1.74. The molecule has 138 valence electrons. The fourth-order valence-corrected chi connectivity index (χ4v) is 3.91. The van der Waals surface area contributed by atoms with E-state index in [9.17, 15) is 4.79 Å². The molecule has 8 nitrogen and oxygen atoms in total. The van der Waals surface area contributed by atoms with Gasteiger partial charge in [-0.3, -0.25) is 13.8 Å². The highest BCUT2D eigenvalue weighted by molar-refractivity contribution is 6.31. The first-order valence-electron chi connectivity index (χ1n) is 8.70. The smallest absolute Gasteiger partial charge is 0.261 e. The third-order valence-corrected chi connectivity index (χ3v) is 5.50. The summed E-state index contributed by atoms with van der Waals surface area (Å²) in [7, 11) is 1.71. The lowest BCUT2D eigenvalue weighted by atomic mass is 10.00. The molecular weight excluding hydrogens is 368 g/mol. The molecule has 0 N–H and O–H groups in total. The molecule has 27 heavy (non-hydrogen) atoms. The van der Waals surface area contributed by atoms with Gasteiger partial charge in [0.15, 0.2) is 11.5 Å². The number of nitrogens with zero attached hydrogens (tertiary/aromatic N) is 6. The number of ether oxygens (including phenoxy) is 1. The number of aromatic nitrogens is 6. The van der Waals surface area contributed by atoms with Crippen LogP contribution in [0.25, 0.3) is 22.4 Å². The predicted octanol–water partition coefficient (Wildman–Crippen LogP) is 2.45. The number of rotatable bonds is 2. The standard InChI is InChI=1S/C18H17ClN6O2/c1-18(6-3-7-27-18)14-9-25(22-21-14)15-16-23(2)17(26)12-8-11(19)4-5-13(12)24(16)10-20-15/h4-5,8-10H,3,6-7H2,1-2H3. The summed E-state index contributed by atoms with van der Waals surface area (Å²) >= 11 is 6.07. The van der Waals surface area contributed by atoms with Crippen LogP contribution in [0, 0.1) is 0 Å². The number of benzene rings is 1. The number of imidazole rings is 1. The molecule has 0 saturated carbocycles. The summed E-state index contributed by atoms with van der Waals surface area (Å²) in [6.07, 6.45) is 5.40. The average molecular weight is 385 g/mol. The van der Waals surface area contributed by atoms with Gasteiger partial charge in [-0.25, -0.2) is 4.98 Å². The molecule has 1 fully saturated rings. The SMILES string of the molecule is Cn1c(=O)c2cc(Cl)ccc2n2cnc(-n3cc(C4(C)CCCO4)nn3)c12. The van der Waals surface area contributed by atoms with Crippen molar-refractivity contribution in [2.24, 2.45) is 7.05 Å². The molecule has 0 radical (unpaired) electrons. The lowest BCUT2D eigenvalue weighted by molar-refractivity contribution is 0.0131. The molecule has 1 saturated heterocycles. The molecule has 3 aromatic heterocycles. The molecule has 0 aliphatic carbocycles. The molecule has 0 spiro atoms. The van der Waals surface area contributed by atoms with Gasteiger partial charge in [-0.15, -0.1) is 5.10 Å². The van der Waals surface area contributed by atoms with E-state index in [1.165, 1.54) is 0 Å². The fourth-order valence-electron chi connectivity index (χ4n) is 3.74. The van der Waals surface area contributed by atoms with Crippen molar-refractivity contribution >= 4 is 28.2 Å². The number of aryl methyl sites for hydroxylation is 1. The summed E-state index contributed by atoms with van der Waals surface area (Å²) < 4.78 is 10.9. The van der Waals surface area contributed by atoms with E-state index < -0.39 is 5.60 Å². The van der Waals surface area contributed by atoms with Crippen molar-refractivity contribution in [3.05, 3.63) is 51.8 Å². The van der Waals surface area contributed by atoms with Crippen molar-refractivity contribution in [3.63, 3.8) is 0 Å². The molecule has 9 heteroatoms. The zero-order valence-electron chi connectivity index (χ0n) is 14.9. The van der Waals surface area contributed by atoms with Gasteiger partial charge in [0.25, 0.3) is 5.56 Å². The minimum Gasteiger partial charge on any atom is -0.369 e. The molecule has 4 heterocycles. The Labute approximate surface area is 158 Å². The second kappa shape index (κ2) is 5.64. The van der Waals surface area contributed by atoms with Crippen LogP contribution in [0.1, 0.15) is 25.5 Å². The monoisotopic (exact) mass is 384 g/mol. The van der Waals surface area contributed by atoms with Gasteiger partial charge in [0.1, 0.15) is 17.6 Å². The number of hydrogen-bond acceptors (Lipinski definition) is 5. The van der Waals surface area contributed by atoms with Crippen LogP contribution in [0.2, 0.25) is 5.02 Å². The van der Waals surface area contributed by atoms with Crippen molar-refractivity contribution in [2.45, 2.75) is 25.4 Å². The van der Waals surface area contributed by atoms with Gasteiger partial charge in [0.05, 0.1) is 17.1 Å². The summed E-state index contributed by atoms with van der Waals surface area (Å²) in [6.45, 7) is 2.74. The molecular formula is C18H17ClN6O2. The zero-order valence-corrected chi connectivity index (χ0v) is 15.6. The second-order valence-electron chi connectivity index (χ2n) is 7.02. The van der Waals surface area contributed by atoms with Crippen LogP contribution in [-0.4, -0.2) is 35.6 Å². The van der Waals surface area contributed by atoms with E-state index in [1.54, 1.807) is 34.8 Å². The fraction of sp³-hybridized carbons (Fsp3) is 0.333. The number of halogens is 1. The van der Waals surface area contributed by atoms with Crippen LogP contribution in [0.5, 0.6) is 0 Å². The molecule has 0 amide bonds. The van der Waals surface area contributed by atoms with Crippen LogP contribution in [0.3, 0.4) is 0 Å². The minimum absolute atomic E-state index is 0.145. The van der Waals surface area contributed by atoms with Crippen LogP contribution >= 0.6 is 11.6 Å². The van der Waals surface area contributed by atoms with Gasteiger partial charge in [-0.05, 0) is 38.0 Å². The van der Waals surface area contributed by atoms with Gasteiger partial charge in [-0.2, -0.15) is 4.68 Å². The number of hydrogen-bond donors (Lipinski definition) is 0. The predicted molar refractivity (Wildman–Crippen MR) is 100 cm³/mol. The Morgan fingerprint density at radius 3 is 2.96 bits per heavy atom. The molecule has 1 aliphatic heterocycles.